The van der Waals surface area contributed by atoms with Crippen LogP contribution in [0.2, 0.25) is 0 Å². The van der Waals surface area contributed by atoms with Gasteiger partial charge in [0.25, 0.3) is 0 Å². The summed E-state index contributed by atoms with van der Waals surface area (Å²) in [6, 6.07) is 22.7. The van der Waals surface area contributed by atoms with E-state index in [0.29, 0.717) is 44.1 Å². The van der Waals surface area contributed by atoms with Gasteiger partial charge in [0, 0.05) is 38.3 Å². The summed E-state index contributed by atoms with van der Waals surface area (Å²) in [5.74, 6) is 7.83. The zero-order chi connectivity index (χ0) is 24.7. The van der Waals surface area contributed by atoms with Gasteiger partial charge in [0.2, 0.25) is 0 Å². The topological polar surface area (TPSA) is 28.1 Å². The van der Waals surface area contributed by atoms with E-state index in [1.165, 1.54) is 12.1 Å². The minimum atomic E-state index is -4.33. The Labute approximate surface area is 203 Å². The molecule has 4 rings (SSSR count). The zero-order valence-electron chi connectivity index (χ0n) is 19.4. The molecule has 1 heterocycles. The molecule has 0 bridgehead atoms. The van der Waals surface area contributed by atoms with Crippen LogP contribution in [0.25, 0.3) is 0 Å². The van der Waals surface area contributed by atoms with Gasteiger partial charge in [-0.1, -0.05) is 42.3 Å². The molecule has 7 heteroatoms. The first-order valence-corrected chi connectivity index (χ1v) is 11.3. The van der Waals surface area contributed by atoms with Gasteiger partial charge in [0.05, 0.1) is 18.4 Å². The maximum Gasteiger partial charge on any atom is 0.416 e. The quantitative estimate of drug-likeness (QED) is 0.278. The molecule has 3 aromatic carbocycles. The van der Waals surface area contributed by atoms with E-state index in [0.717, 1.165) is 23.1 Å². The number of nitrogens with zero attached hydrogens (tertiary/aromatic N) is 3. The first-order chi connectivity index (χ1) is 16.9. The highest BCUT2D eigenvalue weighted by molar-refractivity contribution is 6.00. The second-order valence-electron chi connectivity index (χ2n) is 8.21. The van der Waals surface area contributed by atoms with Crippen LogP contribution in [0, 0.1) is 11.8 Å². The Balaban J connectivity index is 1.48. The molecular formula is C28H26F3N3O. The number of ether oxygens (including phenoxy) is 1. The Hall–Kier alpha value is -3.76. The third-order valence-electron chi connectivity index (χ3n) is 5.73. The van der Waals surface area contributed by atoms with Gasteiger partial charge in [0.1, 0.15) is 5.75 Å². The van der Waals surface area contributed by atoms with Crippen molar-refractivity contribution in [2.45, 2.75) is 12.7 Å². The van der Waals surface area contributed by atoms with Crippen molar-refractivity contribution in [2.75, 3.05) is 33.3 Å². The van der Waals surface area contributed by atoms with Crippen molar-refractivity contribution in [3.63, 3.8) is 0 Å². The number of methoxy groups -OCH3 is 1. The number of piperazine rings is 1. The lowest BCUT2D eigenvalue weighted by Crippen LogP contribution is -2.48. The maximum atomic E-state index is 13.0. The standard InChI is InChI=1S/C28H26F3N3O/c1-35-26-13-11-25(12-14-26)32-27(15-10-22-6-3-2-4-7-22)34-18-16-33(17-19-34)21-23-8-5-9-24(20-23)28(29,30)31/h2-9,11-14,20H,16-19,21H2,1H3. The second kappa shape index (κ2) is 11.1. The third kappa shape index (κ3) is 6.87. The fraction of sp³-hybridized carbons (Fsp3) is 0.250. The van der Waals surface area contributed by atoms with Crippen molar-refractivity contribution < 1.29 is 17.9 Å². The van der Waals surface area contributed by atoms with Crippen LogP contribution in [0.4, 0.5) is 18.9 Å². The highest BCUT2D eigenvalue weighted by Crippen LogP contribution is 2.30. The third-order valence-corrected chi connectivity index (χ3v) is 5.73. The van der Waals surface area contributed by atoms with Gasteiger partial charge in [-0.05, 0) is 53.9 Å². The van der Waals surface area contributed by atoms with Crippen LogP contribution in [-0.4, -0.2) is 48.9 Å². The van der Waals surface area contributed by atoms with Crippen molar-refractivity contribution in [3.05, 3.63) is 95.6 Å². The number of halogens is 3. The number of alkyl halides is 3. The summed E-state index contributed by atoms with van der Waals surface area (Å²) in [6.07, 6.45) is -4.33. The zero-order valence-corrected chi connectivity index (χ0v) is 19.4. The number of hydrogen-bond donors (Lipinski definition) is 0. The van der Waals surface area contributed by atoms with Crippen molar-refractivity contribution in [1.29, 1.82) is 0 Å². The summed E-state index contributed by atoms with van der Waals surface area (Å²) in [5, 5.41) is 0. The summed E-state index contributed by atoms with van der Waals surface area (Å²) < 4.78 is 44.4. The summed E-state index contributed by atoms with van der Waals surface area (Å²) in [5.41, 5.74) is 1.72. The van der Waals surface area contributed by atoms with E-state index < -0.39 is 11.7 Å². The molecule has 180 valence electrons. The molecule has 0 spiro atoms. The largest absolute Gasteiger partial charge is 0.497 e. The molecule has 0 N–H and O–H groups in total. The molecule has 0 amide bonds. The molecule has 0 aromatic heterocycles. The summed E-state index contributed by atoms with van der Waals surface area (Å²) >= 11 is 0. The Morgan fingerprint density at radius 1 is 0.914 bits per heavy atom. The maximum absolute atomic E-state index is 13.0. The van der Waals surface area contributed by atoms with E-state index >= 15 is 0 Å². The monoisotopic (exact) mass is 477 g/mol. The lowest BCUT2D eigenvalue weighted by Gasteiger charge is -2.35. The fourth-order valence-corrected chi connectivity index (χ4v) is 3.83. The van der Waals surface area contributed by atoms with Crippen LogP contribution in [0.15, 0.2) is 83.9 Å². The van der Waals surface area contributed by atoms with E-state index in [4.69, 9.17) is 9.73 Å². The molecule has 0 unspecified atom stereocenters. The van der Waals surface area contributed by atoms with E-state index in [9.17, 15) is 13.2 Å². The van der Waals surface area contributed by atoms with Crippen LogP contribution in [0.3, 0.4) is 0 Å². The van der Waals surface area contributed by atoms with Crippen molar-refractivity contribution >= 4 is 11.5 Å². The van der Waals surface area contributed by atoms with Gasteiger partial charge in [0.15, 0.2) is 5.84 Å². The van der Waals surface area contributed by atoms with E-state index in [1.807, 2.05) is 54.6 Å². The first-order valence-electron chi connectivity index (χ1n) is 11.3. The fourth-order valence-electron chi connectivity index (χ4n) is 3.83. The smallest absolute Gasteiger partial charge is 0.416 e. The van der Waals surface area contributed by atoms with Gasteiger partial charge >= 0.3 is 6.18 Å². The molecule has 3 aromatic rings. The lowest BCUT2D eigenvalue weighted by molar-refractivity contribution is -0.137. The average molecular weight is 478 g/mol. The van der Waals surface area contributed by atoms with Crippen molar-refractivity contribution in [2.24, 2.45) is 4.99 Å². The first kappa shape index (κ1) is 24.4. The number of hydrogen-bond acceptors (Lipinski definition) is 3. The second-order valence-corrected chi connectivity index (χ2v) is 8.21. The molecule has 0 atom stereocenters. The molecule has 1 aliphatic heterocycles. The lowest BCUT2D eigenvalue weighted by atomic mass is 10.1. The van der Waals surface area contributed by atoms with Crippen LogP contribution in [-0.2, 0) is 12.7 Å². The predicted molar refractivity (Wildman–Crippen MR) is 132 cm³/mol. The molecule has 4 nitrogen and oxygen atoms in total. The normalized spacial score (nSPS) is 14.9. The van der Waals surface area contributed by atoms with Gasteiger partial charge in [-0.15, -0.1) is 0 Å². The Bertz CT molecular complexity index is 1200. The van der Waals surface area contributed by atoms with Crippen molar-refractivity contribution in [1.82, 2.24) is 9.80 Å². The summed E-state index contributed by atoms with van der Waals surface area (Å²) in [7, 11) is 1.62. The molecule has 35 heavy (non-hydrogen) atoms. The van der Waals surface area contributed by atoms with Crippen LogP contribution in [0.1, 0.15) is 16.7 Å². The van der Waals surface area contributed by atoms with Gasteiger partial charge in [-0.25, -0.2) is 4.99 Å². The highest BCUT2D eigenvalue weighted by Gasteiger charge is 2.30. The summed E-state index contributed by atoms with van der Waals surface area (Å²) in [4.78, 5) is 9.07. The van der Waals surface area contributed by atoms with Gasteiger partial charge < -0.3 is 9.64 Å². The molecule has 1 saturated heterocycles. The number of rotatable bonds is 4. The Morgan fingerprint density at radius 2 is 1.63 bits per heavy atom. The van der Waals surface area contributed by atoms with E-state index in [-0.39, 0.29) is 0 Å². The van der Waals surface area contributed by atoms with Crippen molar-refractivity contribution in [3.8, 4) is 17.6 Å². The number of benzene rings is 3. The average Bonchev–Trinajstić information content (AvgIpc) is 2.88. The molecule has 1 aliphatic rings. The predicted octanol–water partition coefficient (Wildman–Crippen LogP) is 5.61. The SMILES string of the molecule is COc1ccc(N=C(C#Cc2ccccc2)N2CCN(Cc3cccc(C(F)(F)F)c3)CC2)cc1. The number of amidine groups is 1. The molecule has 0 saturated carbocycles. The van der Waals surface area contributed by atoms with E-state index in [1.54, 1.807) is 13.2 Å². The number of aliphatic imine (C=N–C) groups is 1. The Morgan fingerprint density at radius 3 is 2.29 bits per heavy atom. The molecular weight excluding hydrogens is 451 g/mol. The summed E-state index contributed by atoms with van der Waals surface area (Å²) in [6.45, 7) is 3.23. The van der Waals surface area contributed by atoms with Crippen LogP contribution >= 0.6 is 0 Å². The van der Waals surface area contributed by atoms with Gasteiger partial charge in [-0.2, -0.15) is 13.2 Å². The van der Waals surface area contributed by atoms with Crippen LogP contribution in [0.5, 0.6) is 5.75 Å². The molecule has 0 radical (unpaired) electrons. The van der Waals surface area contributed by atoms with Gasteiger partial charge in [-0.3, -0.25) is 4.90 Å². The molecule has 1 fully saturated rings. The highest BCUT2D eigenvalue weighted by atomic mass is 19.4. The Kier molecular flexibility index (Phi) is 7.74. The minimum Gasteiger partial charge on any atom is -0.497 e. The minimum absolute atomic E-state index is 0.471. The van der Waals surface area contributed by atoms with E-state index in [2.05, 4.69) is 21.6 Å². The molecule has 0 aliphatic carbocycles. The van der Waals surface area contributed by atoms with Crippen LogP contribution < -0.4 is 4.74 Å².